The van der Waals surface area contributed by atoms with E-state index in [-0.39, 0.29) is 0 Å². The van der Waals surface area contributed by atoms with Gasteiger partial charge in [0, 0.05) is 52.7 Å². The van der Waals surface area contributed by atoms with Crippen LogP contribution in [0.2, 0.25) is 10.0 Å². The number of hydrogen-bond acceptors (Lipinski definition) is 4. The first-order valence-corrected chi connectivity index (χ1v) is 12.8. The third kappa shape index (κ3) is 4.15. The number of rotatable bonds is 5. The molecule has 6 rings (SSSR count). The molecule has 6 aromatic rings. The molecule has 0 radical (unpaired) electrons. The maximum Gasteiger partial charge on any atom is 0.142 e. The molecule has 3 aromatic carbocycles. The average molecular weight is 537 g/mol. The van der Waals surface area contributed by atoms with Crippen molar-refractivity contribution in [2.75, 3.05) is 0 Å². The van der Waals surface area contributed by atoms with Crippen LogP contribution in [0.25, 0.3) is 33.3 Å². The van der Waals surface area contributed by atoms with Crippen LogP contribution >= 0.6 is 23.2 Å². The third-order valence-corrected chi connectivity index (χ3v) is 7.37. The number of fused-ring (bicyclic) bond motifs is 1. The van der Waals surface area contributed by atoms with Gasteiger partial charge < -0.3 is 5.11 Å². The zero-order valence-electron chi connectivity index (χ0n) is 20.4. The van der Waals surface area contributed by atoms with E-state index in [1.54, 1.807) is 41.5 Å². The molecule has 0 spiro atoms. The van der Waals surface area contributed by atoms with Crippen LogP contribution < -0.4 is 0 Å². The van der Waals surface area contributed by atoms with Crippen LogP contribution in [0.3, 0.4) is 0 Å². The quantitative estimate of drug-likeness (QED) is 0.251. The van der Waals surface area contributed by atoms with E-state index >= 15 is 0 Å². The Bertz CT molecular complexity index is 1750. The van der Waals surface area contributed by atoms with Crippen LogP contribution in [0.4, 0.5) is 0 Å². The monoisotopic (exact) mass is 536 g/mol. The fraction of sp³-hybridized carbons (Fsp3) is 0.0645. The van der Waals surface area contributed by atoms with Gasteiger partial charge in [0.25, 0.3) is 0 Å². The minimum atomic E-state index is -1.49. The standard InChI is InChI=1S/C31H22Cl2N4O/c1-37-19-21(17-35-37)30-28(20-6-3-2-4-7-20)29(33)26-16-23(11-14-27(26)36-30)31(38,24-8-5-15-34-18-24)22-9-12-25(32)13-10-22/h2-19,38H,1H3. The highest BCUT2D eigenvalue weighted by molar-refractivity contribution is 6.39. The van der Waals surface area contributed by atoms with E-state index in [2.05, 4.69) is 10.1 Å². The molecular formula is C31H22Cl2N4O. The molecule has 0 fully saturated rings. The lowest BCUT2D eigenvalue weighted by Gasteiger charge is -2.30. The molecule has 0 saturated carbocycles. The van der Waals surface area contributed by atoms with Crippen molar-refractivity contribution in [1.82, 2.24) is 19.7 Å². The Morgan fingerprint density at radius 2 is 1.55 bits per heavy atom. The Kier molecular flexibility index (Phi) is 6.20. The summed E-state index contributed by atoms with van der Waals surface area (Å²) in [5.74, 6) is 0. The molecule has 3 aromatic heterocycles. The number of halogens is 2. The lowest BCUT2D eigenvalue weighted by atomic mass is 9.80. The molecule has 0 aliphatic carbocycles. The molecule has 0 saturated heterocycles. The number of aromatic nitrogens is 4. The van der Waals surface area contributed by atoms with Gasteiger partial charge in [-0.25, -0.2) is 4.98 Å². The van der Waals surface area contributed by atoms with E-state index in [1.807, 2.05) is 80.0 Å². The highest BCUT2D eigenvalue weighted by atomic mass is 35.5. The minimum Gasteiger partial charge on any atom is -0.376 e. The summed E-state index contributed by atoms with van der Waals surface area (Å²) in [5, 5.41) is 18.5. The number of hydrogen-bond donors (Lipinski definition) is 1. The van der Waals surface area contributed by atoms with Crippen molar-refractivity contribution in [3.8, 4) is 22.4 Å². The molecule has 0 amide bonds. The Balaban J connectivity index is 1.63. The first kappa shape index (κ1) is 24.3. The van der Waals surface area contributed by atoms with Gasteiger partial charge in [0.15, 0.2) is 0 Å². The SMILES string of the molecule is Cn1cc(-c2nc3ccc(C(O)(c4ccc(Cl)cc4)c4cccnc4)cc3c(Cl)c2-c2ccccc2)cn1. The van der Waals surface area contributed by atoms with Crippen molar-refractivity contribution in [3.05, 3.63) is 136 Å². The van der Waals surface area contributed by atoms with Crippen molar-refractivity contribution >= 4 is 34.1 Å². The first-order chi connectivity index (χ1) is 18.4. The second kappa shape index (κ2) is 9.69. The van der Waals surface area contributed by atoms with Gasteiger partial charge in [-0.2, -0.15) is 5.10 Å². The van der Waals surface area contributed by atoms with Gasteiger partial charge in [0.1, 0.15) is 5.60 Å². The van der Waals surface area contributed by atoms with E-state index in [0.29, 0.717) is 32.3 Å². The summed E-state index contributed by atoms with van der Waals surface area (Å²) in [5.41, 5.74) is 4.50. The highest BCUT2D eigenvalue weighted by Crippen LogP contribution is 2.43. The van der Waals surface area contributed by atoms with Gasteiger partial charge in [-0.1, -0.05) is 77.8 Å². The molecule has 1 N–H and O–H groups in total. The number of aliphatic hydroxyl groups is 1. The van der Waals surface area contributed by atoms with Crippen molar-refractivity contribution in [2.45, 2.75) is 5.60 Å². The number of benzene rings is 3. The van der Waals surface area contributed by atoms with E-state index in [1.165, 1.54) is 0 Å². The van der Waals surface area contributed by atoms with Crippen LogP contribution in [-0.2, 0) is 12.6 Å². The minimum absolute atomic E-state index is 0.548. The number of aryl methyl sites for hydroxylation is 1. The van der Waals surface area contributed by atoms with E-state index < -0.39 is 5.60 Å². The van der Waals surface area contributed by atoms with Crippen LogP contribution in [0.15, 0.2) is 110 Å². The van der Waals surface area contributed by atoms with E-state index in [9.17, 15) is 5.11 Å². The molecule has 0 bridgehead atoms. The Labute approximate surface area is 230 Å². The van der Waals surface area contributed by atoms with Gasteiger partial charge in [-0.15, -0.1) is 0 Å². The van der Waals surface area contributed by atoms with E-state index in [4.69, 9.17) is 28.2 Å². The molecule has 38 heavy (non-hydrogen) atoms. The predicted molar refractivity (Wildman–Crippen MR) is 152 cm³/mol. The maximum atomic E-state index is 12.3. The zero-order chi connectivity index (χ0) is 26.3. The fourth-order valence-electron chi connectivity index (χ4n) is 4.84. The van der Waals surface area contributed by atoms with Crippen LogP contribution in [0.1, 0.15) is 16.7 Å². The van der Waals surface area contributed by atoms with Crippen molar-refractivity contribution < 1.29 is 5.11 Å². The maximum absolute atomic E-state index is 12.3. The summed E-state index contributed by atoms with van der Waals surface area (Å²) < 4.78 is 1.74. The molecule has 3 heterocycles. The second-order valence-electron chi connectivity index (χ2n) is 9.11. The molecule has 5 nitrogen and oxygen atoms in total. The lowest BCUT2D eigenvalue weighted by Crippen LogP contribution is -2.29. The van der Waals surface area contributed by atoms with Crippen molar-refractivity contribution in [3.63, 3.8) is 0 Å². The summed E-state index contributed by atoms with van der Waals surface area (Å²) in [6, 6.07) is 26.4. The Morgan fingerprint density at radius 3 is 2.24 bits per heavy atom. The molecule has 7 heteroatoms. The molecular weight excluding hydrogens is 515 g/mol. The third-order valence-electron chi connectivity index (χ3n) is 6.72. The smallest absolute Gasteiger partial charge is 0.142 e. The summed E-state index contributed by atoms with van der Waals surface area (Å²) in [7, 11) is 1.87. The molecule has 186 valence electrons. The molecule has 1 unspecified atom stereocenters. The molecule has 1 atom stereocenters. The molecule has 0 aliphatic heterocycles. The lowest BCUT2D eigenvalue weighted by molar-refractivity contribution is 0.125. The predicted octanol–water partition coefficient (Wildman–Crippen LogP) is 7.29. The number of pyridine rings is 2. The first-order valence-electron chi connectivity index (χ1n) is 12.0. The van der Waals surface area contributed by atoms with Gasteiger partial charge in [0.2, 0.25) is 0 Å². The zero-order valence-corrected chi connectivity index (χ0v) is 21.9. The fourth-order valence-corrected chi connectivity index (χ4v) is 5.31. The van der Waals surface area contributed by atoms with Gasteiger partial charge >= 0.3 is 0 Å². The van der Waals surface area contributed by atoms with Crippen molar-refractivity contribution in [2.24, 2.45) is 7.05 Å². The highest BCUT2D eigenvalue weighted by Gasteiger charge is 2.35. The summed E-state index contributed by atoms with van der Waals surface area (Å²) in [4.78, 5) is 9.29. The molecule has 0 aliphatic rings. The summed E-state index contributed by atoms with van der Waals surface area (Å²) >= 11 is 13.4. The second-order valence-corrected chi connectivity index (χ2v) is 9.92. The van der Waals surface area contributed by atoms with E-state index in [0.717, 1.165) is 27.8 Å². The largest absolute Gasteiger partial charge is 0.376 e. The topological polar surface area (TPSA) is 63.8 Å². The van der Waals surface area contributed by atoms with Gasteiger partial charge in [0.05, 0.1) is 22.4 Å². The van der Waals surface area contributed by atoms with Gasteiger partial charge in [-0.3, -0.25) is 9.67 Å². The summed E-state index contributed by atoms with van der Waals surface area (Å²) in [6.45, 7) is 0. The van der Waals surface area contributed by atoms with Crippen LogP contribution in [-0.4, -0.2) is 24.9 Å². The van der Waals surface area contributed by atoms with Crippen LogP contribution in [0, 0.1) is 0 Å². The van der Waals surface area contributed by atoms with Crippen LogP contribution in [0.5, 0.6) is 0 Å². The normalized spacial score (nSPS) is 12.9. The summed E-state index contributed by atoms with van der Waals surface area (Å²) in [6.07, 6.45) is 7.05. The Morgan fingerprint density at radius 1 is 0.789 bits per heavy atom. The number of nitrogens with zero attached hydrogens (tertiary/aromatic N) is 4. The Hall–Kier alpha value is -4.03. The van der Waals surface area contributed by atoms with Crippen molar-refractivity contribution in [1.29, 1.82) is 0 Å². The van der Waals surface area contributed by atoms with Gasteiger partial charge in [-0.05, 0) is 47.0 Å². The average Bonchev–Trinajstić information content (AvgIpc) is 3.39.